The Morgan fingerprint density at radius 3 is 2.53 bits per heavy atom. The number of hydrogen-bond donors (Lipinski definition) is 2. The predicted molar refractivity (Wildman–Crippen MR) is 80.1 cm³/mol. The van der Waals surface area contributed by atoms with Gasteiger partial charge >= 0.3 is 0 Å². The lowest BCUT2D eigenvalue weighted by atomic mass is 10.0. The molecule has 0 saturated carbocycles. The van der Waals surface area contributed by atoms with Crippen LogP contribution in [-0.4, -0.2) is 19.0 Å². The molecule has 3 heteroatoms. The zero-order valence-corrected chi connectivity index (χ0v) is 12.7. The molecule has 106 valence electrons. The van der Waals surface area contributed by atoms with E-state index < -0.39 is 0 Å². The van der Waals surface area contributed by atoms with E-state index in [1.54, 1.807) is 7.05 Å². The van der Waals surface area contributed by atoms with Gasteiger partial charge in [-0.15, -0.1) is 0 Å². The van der Waals surface area contributed by atoms with Crippen molar-refractivity contribution in [2.45, 2.75) is 46.7 Å². The summed E-state index contributed by atoms with van der Waals surface area (Å²) in [4.78, 5) is 11.8. The highest BCUT2D eigenvalue weighted by Crippen LogP contribution is 2.12. The zero-order valence-electron chi connectivity index (χ0n) is 12.7. The van der Waals surface area contributed by atoms with E-state index in [4.69, 9.17) is 0 Å². The fourth-order valence-electron chi connectivity index (χ4n) is 2.15. The standard InChI is InChI=1S/C16H26N2O/c1-11(2)8-15(16(19)17-5)18-10-14-9-12(3)6-7-13(14)4/h6-7,9,11,15,18H,8,10H2,1-5H3,(H,17,19). The first-order valence-electron chi connectivity index (χ1n) is 6.95. The van der Waals surface area contributed by atoms with Gasteiger partial charge in [-0.1, -0.05) is 37.6 Å². The summed E-state index contributed by atoms with van der Waals surface area (Å²) in [6.45, 7) is 9.20. The number of aryl methyl sites for hydroxylation is 2. The van der Waals surface area contributed by atoms with Crippen LogP contribution in [0, 0.1) is 19.8 Å². The lowest BCUT2D eigenvalue weighted by Gasteiger charge is -2.20. The van der Waals surface area contributed by atoms with Gasteiger partial charge in [-0.3, -0.25) is 4.79 Å². The third-order valence-corrected chi connectivity index (χ3v) is 3.31. The second kappa shape index (κ2) is 7.29. The maximum Gasteiger partial charge on any atom is 0.236 e. The molecule has 2 N–H and O–H groups in total. The maximum absolute atomic E-state index is 11.8. The minimum absolute atomic E-state index is 0.0685. The summed E-state index contributed by atoms with van der Waals surface area (Å²) >= 11 is 0. The second-order valence-corrected chi connectivity index (χ2v) is 5.61. The summed E-state index contributed by atoms with van der Waals surface area (Å²) in [5.41, 5.74) is 3.78. The van der Waals surface area contributed by atoms with Crippen molar-refractivity contribution in [1.29, 1.82) is 0 Å². The van der Waals surface area contributed by atoms with Crippen LogP contribution in [0.25, 0.3) is 0 Å². The number of carbonyl (C=O) groups is 1. The number of rotatable bonds is 6. The van der Waals surface area contributed by atoms with Crippen molar-refractivity contribution in [2.24, 2.45) is 5.92 Å². The van der Waals surface area contributed by atoms with E-state index in [2.05, 4.69) is 56.5 Å². The highest BCUT2D eigenvalue weighted by Gasteiger charge is 2.18. The molecular formula is C16H26N2O. The first kappa shape index (κ1) is 15.7. The highest BCUT2D eigenvalue weighted by atomic mass is 16.2. The largest absolute Gasteiger partial charge is 0.358 e. The molecule has 1 aromatic carbocycles. The van der Waals surface area contributed by atoms with Crippen LogP contribution in [0.5, 0.6) is 0 Å². The van der Waals surface area contributed by atoms with Crippen LogP contribution in [-0.2, 0) is 11.3 Å². The third kappa shape index (κ3) is 5.03. The minimum atomic E-state index is -0.120. The van der Waals surface area contributed by atoms with E-state index >= 15 is 0 Å². The molecule has 19 heavy (non-hydrogen) atoms. The van der Waals surface area contributed by atoms with Crippen molar-refractivity contribution in [3.63, 3.8) is 0 Å². The SMILES string of the molecule is CNC(=O)C(CC(C)C)NCc1cc(C)ccc1C. The zero-order chi connectivity index (χ0) is 14.4. The molecule has 0 aliphatic carbocycles. The number of amides is 1. The lowest BCUT2D eigenvalue weighted by molar-refractivity contribution is -0.123. The second-order valence-electron chi connectivity index (χ2n) is 5.61. The average molecular weight is 262 g/mol. The molecule has 0 bridgehead atoms. The molecule has 3 nitrogen and oxygen atoms in total. The van der Waals surface area contributed by atoms with Gasteiger partial charge < -0.3 is 10.6 Å². The molecule has 1 unspecified atom stereocenters. The molecule has 0 radical (unpaired) electrons. The summed E-state index contributed by atoms with van der Waals surface area (Å²) in [5.74, 6) is 0.562. The normalized spacial score (nSPS) is 12.5. The molecule has 0 fully saturated rings. The first-order chi connectivity index (χ1) is 8.93. The van der Waals surface area contributed by atoms with Gasteiger partial charge in [0.15, 0.2) is 0 Å². The van der Waals surface area contributed by atoms with Crippen molar-refractivity contribution in [3.05, 3.63) is 34.9 Å². The molecule has 1 aromatic rings. The Morgan fingerprint density at radius 1 is 1.26 bits per heavy atom. The van der Waals surface area contributed by atoms with Crippen molar-refractivity contribution < 1.29 is 4.79 Å². The molecule has 0 aliphatic rings. The quantitative estimate of drug-likeness (QED) is 0.827. The fraction of sp³-hybridized carbons (Fsp3) is 0.562. The summed E-state index contributed by atoms with van der Waals surface area (Å²) < 4.78 is 0. The lowest BCUT2D eigenvalue weighted by Crippen LogP contribution is -2.43. The summed E-state index contributed by atoms with van der Waals surface area (Å²) in [5, 5.41) is 6.11. The number of nitrogens with one attached hydrogen (secondary N) is 2. The molecule has 0 saturated heterocycles. The summed E-state index contributed by atoms with van der Waals surface area (Å²) in [6, 6.07) is 6.30. The molecule has 0 heterocycles. The molecule has 1 atom stereocenters. The topological polar surface area (TPSA) is 41.1 Å². The van der Waals surface area contributed by atoms with Crippen LogP contribution >= 0.6 is 0 Å². The Balaban J connectivity index is 2.70. The Kier molecular flexibility index (Phi) is 6.03. The van der Waals surface area contributed by atoms with Crippen LogP contribution in [0.2, 0.25) is 0 Å². The Labute approximate surface area is 116 Å². The highest BCUT2D eigenvalue weighted by molar-refractivity contribution is 5.81. The van der Waals surface area contributed by atoms with Crippen LogP contribution in [0.1, 0.15) is 37.0 Å². The smallest absolute Gasteiger partial charge is 0.236 e. The number of carbonyl (C=O) groups excluding carboxylic acids is 1. The molecule has 1 amide bonds. The van der Waals surface area contributed by atoms with Crippen LogP contribution in [0.3, 0.4) is 0 Å². The fourth-order valence-corrected chi connectivity index (χ4v) is 2.15. The van der Waals surface area contributed by atoms with E-state index in [9.17, 15) is 4.79 Å². The minimum Gasteiger partial charge on any atom is -0.358 e. The number of likely N-dealkylation sites (N-methyl/N-ethyl adjacent to an activating group) is 1. The van der Waals surface area contributed by atoms with Gasteiger partial charge in [-0.25, -0.2) is 0 Å². The molecule has 0 aromatic heterocycles. The molecule has 0 aliphatic heterocycles. The van der Waals surface area contributed by atoms with Gasteiger partial charge in [0.2, 0.25) is 5.91 Å². The Morgan fingerprint density at radius 2 is 1.95 bits per heavy atom. The summed E-state index contributed by atoms with van der Waals surface area (Å²) in [7, 11) is 1.69. The van der Waals surface area contributed by atoms with Crippen molar-refractivity contribution in [1.82, 2.24) is 10.6 Å². The van der Waals surface area contributed by atoms with Gasteiger partial charge in [0.05, 0.1) is 6.04 Å². The molecular weight excluding hydrogens is 236 g/mol. The molecule has 0 spiro atoms. The van der Waals surface area contributed by atoms with E-state index in [0.29, 0.717) is 5.92 Å². The maximum atomic E-state index is 11.8. The van der Waals surface area contributed by atoms with Gasteiger partial charge in [0.25, 0.3) is 0 Å². The number of benzene rings is 1. The monoisotopic (exact) mass is 262 g/mol. The number of hydrogen-bond acceptors (Lipinski definition) is 2. The van der Waals surface area contributed by atoms with Gasteiger partial charge in [-0.2, -0.15) is 0 Å². The van der Waals surface area contributed by atoms with Crippen molar-refractivity contribution in [3.8, 4) is 0 Å². The van der Waals surface area contributed by atoms with Gasteiger partial charge in [0, 0.05) is 13.6 Å². The van der Waals surface area contributed by atoms with Gasteiger partial charge in [-0.05, 0) is 37.3 Å². The average Bonchev–Trinajstić information content (AvgIpc) is 2.36. The van der Waals surface area contributed by atoms with Crippen molar-refractivity contribution in [2.75, 3.05) is 7.05 Å². The molecule has 1 rings (SSSR count). The van der Waals surface area contributed by atoms with E-state index in [0.717, 1.165) is 13.0 Å². The van der Waals surface area contributed by atoms with E-state index in [1.807, 2.05) is 0 Å². The Bertz CT molecular complexity index is 427. The van der Waals surface area contributed by atoms with Crippen LogP contribution in [0.15, 0.2) is 18.2 Å². The first-order valence-corrected chi connectivity index (χ1v) is 6.95. The van der Waals surface area contributed by atoms with Gasteiger partial charge in [0.1, 0.15) is 0 Å². The van der Waals surface area contributed by atoms with E-state index in [-0.39, 0.29) is 11.9 Å². The predicted octanol–water partition coefficient (Wildman–Crippen LogP) is 2.55. The van der Waals surface area contributed by atoms with Crippen LogP contribution in [0.4, 0.5) is 0 Å². The Hall–Kier alpha value is -1.35. The summed E-state index contributed by atoms with van der Waals surface area (Å²) in [6.07, 6.45) is 0.852. The van der Waals surface area contributed by atoms with Crippen LogP contribution < -0.4 is 10.6 Å². The van der Waals surface area contributed by atoms with Crippen molar-refractivity contribution >= 4 is 5.91 Å². The van der Waals surface area contributed by atoms with E-state index in [1.165, 1.54) is 16.7 Å². The third-order valence-electron chi connectivity index (χ3n) is 3.31.